The molecule has 1 saturated heterocycles. The van der Waals surface area contributed by atoms with Crippen LogP contribution in [0.4, 0.5) is 0 Å². The highest BCUT2D eigenvalue weighted by atomic mass is 79.9. The van der Waals surface area contributed by atoms with Crippen LogP contribution in [0.1, 0.15) is 31.2 Å². The molecule has 1 heterocycles. The van der Waals surface area contributed by atoms with Gasteiger partial charge in [-0.15, -0.1) is 0 Å². The molecule has 2 aliphatic rings. The molecule has 0 radical (unpaired) electrons. The van der Waals surface area contributed by atoms with Gasteiger partial charge in [-0.05, 0) is 50.4 Å². The van der Waals surface area contributed by atoms with Gasteiger partial charge in [-0.3, -0.25) is 9.69 Å². The van der Waals surface area contributed by atoms with Crippen molar-refractivity contribution in [1.82, 2.24) is 10.2 Å². The molecule has 0 spiro atoms. The number of likely N-dealkylation sites (tertiary alicyclic amines) is 1. The zero-order valence-electron chi connectivity index (χ0n) is 11.6. The van der Waals surface area contributed by atoms with Gasteiger partial charge in [0.2, 0.25) is 5.91 Å². The third kappa shape index (κ3) is 3.61. The van der Waals surface area contributed by atoms with Gasteiger partial charge in [0, 0.05) is 23.0 Å². The highest BCUT2D eigenvalue weighted by Crippen LogP contribution is 2.24. The Morgan fingerprint density at radius 3 is 2.55 bits per heavy atom. The van der Waals surface area contributed by atoms with Crippen LogP contribution in [0.5, 0.6) is 0 Å². The molecule has 1 N–H and O–H groups in total. The molecule has 1 aromatic carbocycles. The van der Waals surface area contributed by atoms with Gasteiger partial charge in [-0.2, -0.15) is 0 Å². The summed E-state index contributed by atoms with van der Waals surface area (Å²) in [6.07, 6.45) is 4.32. The van der Waals surface area contributed by atoms with Crippen LogP contribution in [-0.2, 0) is 11.3 Å². The zero-order chi connectivity index (χ0) is 13.9. The largest absolute Gasteiger partial charge is 0.353 e. The van der Waals surface area contributed by atoms with Crippen LogP contribution in [0, 0.1) is 5.92 Å². The van der Waals surface area contributed by atoms with Crippen molar-refractivity contribution in [2.75, 3.05) is 13.1 Å². The molecule has 2 fully saturated rings. The molecule has 3 rings (SSSR count). The highest BCUT2D eigenvalue weighted by Gasteiger charge is 2.29. The average Bonchev–Trinajstić information content (AvgIpc) is 3.26. The van der Waals surface area contributed by atoms with Crippen molar-refractivity contribution in [2.24, 2.45) is 5.92 Å². The Kier molecular flexibility index (Phi) is 4.41. The second-order valence-electron chi connectivity index (χ2n) is 5.92. The van der Waals surface area contributed by atoms with Crippen LogP contribution in [0.2, 0.25) is 0 Å². The molecule has 20 heavy (non-hydrogen) atoms. The summed E-state index contributed by atoms with van der Waals surface area (Å²) in [6, 6.07) is 8.86. The Morgan fingerprint density at radius 1 is 1.20 bits per heavy atom. The van der Waals surface area contributed by atoms with E-state index in [0.717, 1.165) is 32.5 Å². The Morgan fingerprint density at radius 2 is 1.90 bits per heavy atom. The van der Waals surface area contributed by atoms with E-state index in [0.29, 0.717) is 6.04 Å². The van der Waals surface area contributed by atoms with Crippen LogP contribution >= 0.6 is 15.9 Å². The minimum atomic E-state index is 0.228. The summed E-state index contributed by atoms with van der Waals surface area (Å²) in [5.41, 5.74) is 1.33. The predicted molar refractivity (Wildman–Crippen MR) is 83.3 cm³/mol. The lowest BCUT2D eigenvalue weighted by Gasteiger charge is -2.31. The molecule has 1 saturated carbocycles. The Bertz CT molecular complexity index is 479. The maximum Gasteiger partial charge on any atom is 0.223 e. The number of amides is 1. The van der Waals surface area contributed by atoms with Gasteiger partial charge >= 0.3 is 0 Å². The van der Waals surface area contributed by atoms with Gasteiger partial charge in [-0.25, -0.2) is 0 Å². The van der Waals surface area contributed by atoms with Crippen LogP contribution in [0.25, 0.3) is 0 Å². The average molecular weight is 337 g/mol. The van der Waals surface area contributed by atoms with E-state index in [1.54, 1.807) is 0 Å². The summed E-state index contributed by atoms with van der Waals surface area (Å²) in [7, 11) is 0. The minimum Gasteiger partial charge on any atom is -0.353 e. The molecule has 108 valence electrons. The lowest BCUT2D eigenvalue weighted by atomic mass is 9.95. The first-order chi connectivity index (χ1) is 9.72. The van der Waals surface area contributed by atoms with Crippen molar-refractivity contribution in [1.29, 1.82) is 0 Å². The Labute approximate surface area is 128 Å². The van der Waals surface area contributed by atoms with Crippen molar-refractivity contribution in [3.05, 3.63) is 34.3 Å². The number of benzene rings is 1. The number of rotatable bonds is 4. The number of piperidine rings is 1. The second kappa shape index (κ2) is 6.27. The molecule has 1 aromatic rings. The van der Waals surface area contributed by atoms with Crippen LogP contribution in [0.3, 0.4) is 0 Å². The topological polar surface area (TPSA) is 32.3 Å². The molecule has 0 bridgehead atoms. The van der Waals surface area contributed by atoms with E-state index in [2.05, 4.69) is 44.3 Å². The number of hydrogen-bond donors (Lipinski definition) is 1. The molecular weight excluding hydrogens is 316 g/mol. The molecule has 4 heteroatoms. The number of nitrogens with one attached hydrogen (secondary N) is 1. The van der Waals surface area contributed by atoms with Crippen molar-refractivity contribution in [3.8, 4) is 0 Å². The van der Waals surface area contributed by atoms with Gasteiger partial charge < -0.3 is 5.32 Å². The van der Waals surface area contributed by atoms with E-state index in [1.165, 1.54) is 22.9 Å². The fourth-order valence-electron chi connectivity index (χ4n) is 2.77. The lowest BCUT2D eigenvalue weighted by molar-refractivity contribution is -0.126. The first-order valence-corrected chi connectivity index (χ1v) is 8.28. The molecule has 0 atom stereocenters. The van der Waals surface area contributed by atoms with Crippen molar-refractivity contribution >= 4 is 21.8 Å². The molecule has 3 nitrogen and oxygen atoms in total. The van der Waals surface area contributed by atoms with Gasteiger partial charge in [0.25, 0.3) is 0 Å². The van der Waals surface area contributed by atoms with E-state index >= 15 is 0 Å². The third-order valence-electron chi connectivity index (χ3n) is 4.23. The molecule has 1 aliphatic carbocycles. The molecule has 0 unspecified atom stereocenters. The summed E-state index contributed by atoms with van der Waals surface area (Å²) < 4.78 is 1.17. The number of nitrogens with zero attached hydrogens (tertiary/aromatic N) is 1. The fraction of sp³-hybridized carbons (Fsp3) is 0.562. The van der Waals surface area contributed by atoms with E-state index in [-0.39, 0.29) is 11.8 Å². The maximum absolute atomic E-state index is 12.0. The molecule has 0 aromatic heterocycles. The summed E-state index contributed by atoms with van der Waals surface area (Å²) in [4.78, 5) is 14.5. The maximum atomic E-state index is 12.0. The minimum absolute atomic E-state index is 0.228. The lowest BCUT2D eigenvalue weighted by Crippen LogP contribution is -2.40. The van der Waals surface area contributed by atoms with Gasteiger partial charge in [0.1, 0.15) is 0 Å². The van der Waals surface area contributed by atoms with Gasteiger partial charge in [0.05, 0.1) is 0 Å². The first-order valence-electron chi connectivity index (χ1n) is 7.48. The Hall–Kier alpha value is -0.870. The number of carbonyl (C=O) groups excluding carboxylic acids is 1. The summed E-state index contributed by atoms with van der Waals surface area (Å²) in [5.74, 6) is 0.513. The SMILES string of the molecule is O=C(NC1CC1)C1CCN(Cc2ccccc2Br)CC1. The van der Waals surface area contributed by atoms with E-state index < -0.39 is 0 Å². The highest BCUT2D eigenvalue weighted by molar-refractivity contribution is 9.10. The second-order valence-corrected chi connectivity index (χ2v) is 6.78. The van der Waals surface area contributed by atoms with Crippen molar-refractivity contribution in [3.63, 3.8) is 0 Å². The van der Waals surface area contributed by atoms with E-state index in [4.69, 9.17) is 0 Å². The van der Waals surface area contributed by atoms with Crippen LogP contribution < -0.4 is 5.32 Å². The normalized spacial score (nSPS) is 20.9. The monoisotopic (exact) mass is 336 g/mol. The molecule has 1 amide bonds. The Balaban J connectivity index is 1.48. The predicted octanol–water partition coefficient (Wildman–Crippen LogP) is 2.94. The fourth-order valence-corrected chi connectivity index (χ4v) is 3.18. The quantitative estimate of drug-likeness (QED) is 0.916. The smallest absolute Gasteiger partial charge is 0.223 e. The van der Waals surface area contributed by atoms with E-state index in [1.807, 2.05) is 6.07 Å². The number of halogens is 1. The zero-order valence-corrected chi connectivity index (χ0v) is 13.2. The number of hydrogen-bond acceptors (Lipinski definition) is 2. The summed E-state index contributed by atoms with van der Waals surface area (Å²) in [5, 5.41) is 3.13. The molecular formula is C16H21BrN2O. The van der Waals surface area contributed by atoms with Gasteiger partial charge in [-0.1, -0.05) is 34.1 Å². The van der Waals surface area contributed by atoms with Gasteiger partial charge in [0.15, 0.2) is 0 Å². The number of carbonyl (C=O) groups is 1. The van der Waals surface area contributed by atoms with Crippen LogP contribution in [0.15, 0.2) is 28.7 Å². The standard InChI is InChI=1S/C16H21BrN2O/c17-15-4-2-1-3-13(15)11-19-9-7-12(8-10-19)16(20)18-14-5-6-14/h1-4,12,14H,5-11H2,(H,18,20). The summed E-state index contributed by atoms with van der Waals surface area (Å²) in [6.45, 7) is 3.01. The first kappa shape index (κ1) is 14.1. The van der Waals surface area contributed by atoms with E-state index in [9.17, 15) is 4.79 Å². The third-order valence-corrected chi connectivity index (χ3v) is 5.01. The molecule has 1 aliphatic heterocycles. The van der Waals surface area contributed by atoms with Crippen LogP contribution in [-0.4, -0.2) is 29.9 Å². The van der Waals surface area contributed by atoms with Crippen molar-refractivity contribution < 1.29 is 4.79 Å². The summed E-state index contributed by atoms with van der Waals surface area (Å²) >= 11 is 3.60. The van der Waals surface area contributed by atoms with Crippen molar-refractivity contribution in [2.45, 2.75) is 38.3 Å².